The third kappa shape index (κ3) is 3.42. The monoisotopic (exact) mass is 417 g/mol. The van der Waals surface area contributed by atoms with E-state index in [1.807, 2.05) is 49.4 Å². The number of guanidine groups is 1. The van der Waals surface area contributed by atoms with Crippen molar-refractivity contribution in [2.24, 2.45) is 16.8 Å². The number of imide groups is 1. The van der Waals surface area contributed by atoms with Crippen molar-refractivity contribution in [1.82, 2.24) is 15.1 Å². The van der Waals surface area contributed by atoms with E-state index in [2.05, 4.69) is 16.4 Å². The summed E-state index contributed by atoms with van der Waals surface area (Å²) in [7, 11) is 0. The SMILES string of the molecule is CC(=O)N1CCN2C(=O)C(C)(c3cccc(C4=CC(C#N)C(C)C=C4)c3)N=C2NC1=O. The highest BCUT2D eigenvalue weighted by Gasteiger charge is 2.48. The number of hydrogen-bond donors (Lipinski definition) is 1. The summed E-state index contributed by atoms with van der Waals surface area (Å²) in [6.45, 7) is 5.31. The minimum absolute atomic E-state index is 0.105. The van der Waals surface area contributed by atoms with Crippen LogP contribution >= 0.6 is 0 Å². The number of nitriles is 1. The van der Waals surface area contributed by atoms with Crippen LogP contribution in [0.1, 0.15) is 31.9 Å². The lowest BCUT2D eigenvalue weighted by Gasteiger charge is -2.24. The Balaban J connectivity index is 1.68. The van der Waals surface area contributed by atoms with Gasteiger partial charge in [0.25, 0.3) is 5.91 Å². The Morgan fingerprint density at radius 1 is 1.32 bits per heavy atom. The maximum Gasteiger partial charge on any atom is 0.330 e. The molecule has 3 unspecified atom stereocenters. The number of amides is 4. The van der Waals surface area contributed by atoms with Gasteiger partial charge in [-0.05, 0) is 35.6 Å². The number of aliphatic imine (C=N–C) groups is 1. The normalized spacial score (nSPS) is 27.7. The van der Waals surface area contributed by atoms with Crippen LogP contribution in [0.2, 0.25) is 0 Å². The fraction of sp³-hybridized carbons (Fsp3) is 0.348. The van der Waals surface area contributed by atoms with Gasteiger partial charge in [0.2, 0.25) is 11.9 Å². The predicted octanol–water partition coefficient (Wildman–Crippen LogP) is 2.40. The Morgan fingerprint density at radius 3 is 2.81 bits per heavy atom. The van der Waals surface area contributed by atoms with Crippen molar-refractivity contribution in [1.29, 1.82) is 5.26 Å². The molecule has 3 atom stereocenters. The van der Waals surface area contributed by atoms with Crippen LogP contribution in [0.15, 0.2) is 47.5 Å². The van der Waals surface area contributed by atoms with Crippen molar-refractivity contribution in [3.05, 3.63) is 53.6 Å². The first-order valence-electron chi connectivity index (χ1n) is 10.2. The minimum atomic E-state index is -1.20. The van der Waals surface area contributed by atoms with Crippen LogP contribution in [-0.4, -0.2) is 46.7 Å². The summed E-state index contributed by atoms with van der Waals surface area (Å²) in [6, 6.07) is 9.25. The van der Waals surface area contributed by atoms with Gasteiger partial charge in [-0.2, -0.15) is 5.26 Å². The number of benzene rings is 1. The van der Waals surface area contributed by atoms with E-state index < -0.39 is 11.6 Å². The Kier molecular flexibility index (Phi) is 4.97. The molecule has 31 heavy (non-hydrogen) atoms. The molecule has 1 saturated heterocycles. The Bertz CT molecular complexity index is 1110. The number of allylic oxidation sites excluding steroid dienone is 4. The zero-order valence-corrected chi connectivity index (χ0v) is 17.6. The Hall–Kier alpha value is -3.73. The van der Waals surface area contributed by atoms with Gasteiger partial charge in [-0.1, -0.05) is 43.4 Å². The first-order chi connectivity index (χ1) is 14.7. The topological polar surface area (TPSA) is 106 Å². The number of carbonyl (C=O) groups is 3. The number of nitrogens with one attached hydrogen (secondary N) is 1. The molecule has 0 saturated carbocycles. The van der Waals surface area contributed by atoms with E-state index in [1.54, 1.807) is 6.92 Å². The van der Waals surface area contributed by atoms with E-state index in [4.69, 9.17) is 0 Å². The molecule has 1 aromatic carbocycles. The third-order valence-electron chi connectivity index (χ3n) is 6.05. The molecule has 4 rings (SSSR count). The first kappa shape index (κ1) is 20.5. The Morgan fingerprint density at radius 2 is 2.10 bits per heavy atom. The zero-order valence-electron chi connectivity index (χ0n) is 17.6. The quantitative estimate of drug-likeness (QED) is 0.797. The molecule has 8 heteroatoms. The fourth-order valence-electron chi connectivity index (χ4n) is 4.06. The predicted molar refractivity (Wildman–Crippen MR) is 114 cm³/mol. The molecule has 2 heterocycles. The maximum absolute atomic E-state index is 13.3. The summed E-state index contributed by atoms with van der Waals surface area (Å²) >= 11 is 0. The average Bonchev–Trinajstić information content (AvgIpc) is 2.88. The number of nitrogens with zero attached hydrogens (tertiary/aromatic N) is 4. The van der Waals surface area contributed by atoms with Gasteiger partial charge in [-0.3, -0.25) is 24.7 Å². The molecule has 0 radical (unpaired) electrons. The van der Waals surface area contributed by atoms with Gasteiger partial charge in [0.15, 0.2) is 5.54 Å². The molecule has 1 aliphatic carbocycles. The van der Waals surface area contributed by atoms with Gasteiger partial charge in [-0.15, -0.1) is 0 Å². The molecule has 4 amide bonds. The second-order valence-corrected chi connectivity index (χ2v) is 8.14. The van der Waals surface area contributed by atoms with Gasteiger partial charge in [-0.25, -0.2) is 9.79 Å². The van der Waals surface area contributed by atoms with Gasteiger partial charge in [0.1, 0.15) is 0 Å². The highest BCUT2D eigenvalue weighted by Crippen LogP contribution is 2.36. The van der Waals surface area contributed by atoms with E-state index in [1.165, 1.54) is 11.8 Å². The molecular formula is C23H23N5O3. The number of carbonyl (C=O) groups excluding carboxylic acids is 3. The van der Waals surface area contributed by atoms with E-state index >= 15 is 0 Å². The van der Waals surface area contributed by atoms with Crippen LogP contribution in [0.25, 0.3) is 5.57 Å². The highest BCUT2D eigenvalue weighted by molar-refractivity contribution is 6.13. The van der Waals surface area contributed by atoms with Gasteiger partial charge in [0, 0.05) is 20.0 Å². The molecule has 0 aromatic heterocycles. The molecule has 3 aliphatic rings. The van der Waals surface area contributed by atoms with Crippen molar-refractivity contribution >= 4 is 29.4 Å². The van der Waals surface area contributed by atoms with Crippen molar-refractivity contribution < 1.29 is 14.4 Å². The summed E-state index contributed by atoms with van der Waals surface area (Å²) in [5.41, 5.74) is 1.31. The summed E-state index contributed by atoms with van der Waals surface area (Å²) in [5, 5.41) is 12.0. The van der Waals surface area contributed by atoms with E-state index in [0.717, 1.165) is 16.0 Å². The zero-order chi connectivity index (χ0) is 22.3. The van der Waals surface area contributed by atoms with Crippen LogP contribution in [0, 0.1) is 23.2 Å². The van der Waals surface area contributed by atoms with Gasteiger partial charge in [0.05, 0.1) is 12.0 Å². The molecule has 1 fully saturated rings. The van der Waals surface area contributed by atoms with Gasteiger partial charge < -0.3 is 0 Å². The third-order valence-corrected chi connectivity index (χ3v) is 6.05. The van der Waals surface area contributed by atoms with Gasteiger partial charge >= 0.3 is 6.03 Å². The van der Waals surface area contributed by atoms with Crippen LogP contribution < -0.4 is 5.32 Å². The van der Waals surface area contributed by atoms with Crippen LogP contribution in [0.3, 0.4) is 0 Å². The highest BCUT2D eigenvalue weighted by atomic mass is 16.2. The smallest absolute Gasteiger partial charge is 0.278 e. The molecule has 2 aliphatic heterocycles. The number of fused-ring (bicyclic) bond motifs is 1. The van der Waals surface area contributed by atoms with E-state index in [9.17, 15) is 19.6 Å². The summed E-state index contributed by atoms with van der Waals surface area (Å²) in [5.74, 6) is -0.551. The standard InChI is InChI=1S/C23H23N5O3/c1-14-7-8-17(11-18(14)13-24)16-5-4-6-19(12-16)23(3)20(30)28-10-9-27(15(2)29)22(31)25-21(28)26-23/h4-8,11-12,14,18H,9-10H2,1-3H3,(H,25,26,31). The molecule has 1 N–H and O–H groups in total. The average molecular weight is 417 g/mol. The van der Waals surface area contributed by atoms with Crippen LogP contribution in [0.4, 0.5) is 4.79 Å². The largest absolute Gasteiger partial charge is 0.330 e. The first-order valence-corrected chi connectivity index (χ1v) is 10.2. The minimum Gasteiger partial charge on any atom is -0.278 e. The molecule has 0 spiro atoms. The maximum atomic E-state index is 13.3. The molecule has 8 nitrogen and oxygen atoms in total. The number of urea groups is 1. The second kappa shape index (κ2) is 7.51. The van der Waals surface area contributed by atoms with Crippen LogP contribution in [0.5, 0.6) is 0 Å². The van der Waals surface area contributed by atoms with Crippen molar-refractivity contribution in [3.8, 4) is 6.07 Å². The number of hydrogen-bond acceptors (Lipinski definition) is 5. The van der Waals surface area contributed by atoms with Crippen molar-refractivity contribution in [3.63, 3.8) is 0 Å². The van der Waals surface area contributed by atoms with Crippen LogP contribution in [-0.2, 0) is 15.1 Å². The van der Waals surface area contributed by atoms with E-state index in [0.29, 0.717) is 5.56 Å². The lowest BCUT2D eigenvalue weighted by atomic mass is 9.84. The lowest BCUT2D eigenvalue weighted by molar-refractivity contribution is -0.132. The number of rotatable bonds is 2. The lowest BCUT2D eigenvalue weighted by Crippen LogP contribution is -2.44. The van der Waals surface area contributed by atoms with Crippen molar-refractivity contribution in [2.45, 2.75) is 26.3 Å². The molecule has 1 aromatic rings. The van der Waals surface area contributed by atoms with E-state index in [-0.39, 0.29) is 42.7 Å². The Labute approximate surface area is 180 Å². The summed E-state index contributed by atoms with van der Waals surface area (Å²) in [6.07, 6.45) is 5.95. The van der Waals surface area contributed by atoms with Crippen molar-refractivity contribution in [2.75, 3.05) is 13.1 Å². The second-order valence-electron chi connectivity index (χ2n) is 8.14. The molecule has 158 valence electrons. The summed E-state index contributed by atoms with van der Waals surface area (Å²) < 4.78 is 0. The molecule has 0 bridgehead atoms. The molecular weight excluding hydrogens is 394 g/mol. The summed E-state index contributed by atoms with van der Waals surface area (Å²) in [4.78, 5) is 44.3. The fourth-order valence-corrected chi connectivity index (χ4v) is 4.06.